The number of hydrogen-bond acceptors (Lipinski definition) is 3. The molecule has 0 radical (unpaired) electrons. The SMILES string of the molecule is Cc1ccc2cc(-c3cnc(N)c(C)c3)ccc2n1. The van der Waals surface area contributed by atoms with Gasteiger partial charge in [0.05, 0.1) is 5.52 Å². The van der Waals surface area contributed by atoms with Gasteiger partial charge in [-0.05, 0) is 49.2 Å². The number of nitrogens with two attached hydrogens (primary N) is 1. The number of pyridine rings is 2. The van der Waals surface area contributed by atoms with E-state index in [1.54, 1.807) is 0 Å². The van der Waals surface area contributed by atoms with Crippen LogP contribution in [0.15, 0.2) is 42.6 Å². The van der Waals surface area contributed by atoms with Crippen LogP contribution >= 0.6 is 0 Å². The quantitative estimate of drug-likeness (QED) is 0.718. The molecule has 0 bridgehead atoms. The fraction of sp³-hybridized carbons (Fsp3) is 0.125. The molecule has 0 saturated heterocycles. The highest BCUT2D eigenvalue weighted by atomic mass is 14.8. The van der Waals surface area contributed by atoms with Gasteiger partial charge in [0.2, 0.25) is 0 Å². The summed E-state index contributed by atoms with van der Waals surface area (Å²) in [6, 6.07) is 12.4. The lowest BCUT2D eigenvalue weighted by molar-refractivity contribution is 1.25. The van der Waals surface area contributed by atoms with Gasteiger partial charge in [0.15, 0.2) is 0 Å². The average molecular weight is 249 g/mol. The molecule has 19 heavy (non-hydrogen) atoms. The Balaban J connectivity index is 2.14. The van der Waals surface area contributed by atoms with Crippen LogP contribution in [0.2, 0.25) is 0 Å². The van der Waals surface area contributed by atoms with Gasteiger partial charge in [0.1, 0.15) is 5.82 Å². The third-order valence-corrected chi connectivity index (χ3v) is 3.28. The first-order valence-electron chi connectivity index (χ1n) is 6.23. The highest BCUT2D eigenvalue weighted by molar-refractivity contribution is 5.84. The standard InChI is InChI=1S/C16H15N3/c1-10-7-14(9-18-16(10)17)12-5-6-15-13(8-12)4-3-11(2)19-15/h3-9H,1-2H3,(H2,17,18). The monoisotopic (exact) mass is 249 g/mol. The van der Waals surface area contributed by atoms with Crippen molar-refractivity contribution >= 4 is 16.7 Å². The summed E-state index contributed by atoms with van der Waals surface area (Å²) in [4.78, 5) is 8.72. The minimum Gasteiger partial charge on any atom is -0.383 e. The highest BCUT2D eigenvalue weighted by Crippen LogP contribution is 2.25. The van der Waals surface area contributed by atoms with Crippen molar-refractivity contribution in [3.63, 3.8) is 0 Å². The van der Waals surface area contributed by atoms with Crippen molar-refractivity contribution in [2.45, 2.75) is 13.8 Å². The van der Waals surface area contributed by atoms with Crippen LogP contribution in [0, 0.1) is 13.8 Å². The van der Waals surface area contributed by atoms with E-state index in [2.05, 4.69) is 34.2 Å². The summed E-state index contributed by atoms with van der Waals surface area (Å²) in [5.41, 5.74) is 11.0. The third kappa shape index (κ3) is 2.15. The first kappa shape index (κ1) is 11.7. The minimum atomic E-state index is 0.585. The maximum absolute atomic E-state index is 5.75. The van der Waals surface area contributed by atoms with E-state index in [9.17, 15) is 0 Å². The number of aryl methyl sites for hydroxylation is 2. The Hall–Kier alpha value is -2.42. The lowest BCUT2D eigenvalue weighted by Gasteiger charge is -2.06. The number of aromatic nitrogens is 2. The summed E-state index contributed by atoms with van der Waals surface area (Å²) in [7, 11) is 0. The first-order chi connectivity index (χ1) is 9.13. The van der Waals surface area contributed by atoms with Crippen molar-refractivity contribution in [1.29, 1.82) is 0 Å². The molecule has 0 amide bonds. The summed E-state index contributed by atoms with van der Waals surface area (Å²) >= 11 is 0. The van der Waals surface area contributed by atoms with E-state index in [4.69, 9.17) is 5.73 Å². The van der Waals surface area contributed by atoms with E-state index in [0.717, 1.165) is 33.3 Å². The Morgan fingerprint density at radius 3 is 2.58 bits per heavy atom. The van der Waals surface area contributed by atoms with E-state index in [1.165, 1.54) is 0 Å². The number of hydrogen-bond donors (Lipinski definition) is 1. The molecule has 2 heterocycles. The predicted molar refractivity (Wildman–Crippen MR) is 78.9 cm³/mol. The van der Waals surface area contributed by atoms with Crippen LogP contribution in [0.25, 0.3) is 22.0 Å². The lowest BCUT2D eigenvalue weighted by atomic mass is 10.0. The maximum atomic E-state index is 5.75. The molecule has 0 aliphatic carbocycles. The summed E-state index contributed by atoms with van der Waals surface area (Å²) in [6.07, 6.45) is 1.81. The predicted octanol–water partition coefficient (Wildman–Crippen LogP) is 3.50. The number of rotatable bonds is 1. The highest BCUT2D eigenvalue weighted by Gasteiger charge is 2.03. The minimum absolute atomic E-state index is 0.585. The molecule has 3 heteroatoms. The van der Waals surface area contributed by atoms with Crippen LogP contribution in [0.1, 0.15) is 11.3 Å². The first-order valence-corrected chi connectivity index (χ1v) is 6.23. The molecule has 2 N–H and O–H groups in total. The second-order valence-corrected chi connectivity index (χ2v) is 4.79. The fourth-order valence-corrected chi connectivity index (χ4v) is 2.15. The average Bonchev–Trinajstić information content (AvgIpc) is 2.41. The molecule has 0 saturated carbocycles. The van der Waals surface area contributed by atoms with Crippen molar-refractivity contribution in [3.8, 4) is 11.1 Å². The molecule has 3 nitrogen and oxygen atoms in total. The van der Waals surface area contributed by atoms with Crippen LogP contribution in [0.5, 0.6) is 0 Å². The van der Waals surface area contributed by atoms with Gasteiger partial charge in [0.25, 0.3) is 0 Å². The van der Waals surface area contributed by atoms with E-state index in [-0.39, 0.29) is 0 Å². The van der Waals surface area contributed by atoms with E-state index in [0.29, 0.717) is 5.82 Å². The topological polar surface area (TPSA) is 51.8 Å². The molecular formula is C16H15N3. The lowest BCUT2D eigenvalue weighted by Crippen LogP contribution is -1.94. The van der Waals surface area contributed by atoms with Gasteiger partial charge in [-0.15, -0.1) is 0 Å². The number of anilines is 1. The van der Waals surface area contributed by atoms with E-state index >= 15 is 0 Å². The number of nitrogens with zero attached hydrogens (tertiary/aromatic N) is 2. The van der Waals surface area contributed by atoms with Gasteiger partial charge < -0.3 is 5.73 Å². The van der Waals surface area contributed by atoms with E-state index in [1.807, 2.05) is 32.2 Å². The van der Waals surface area contributed by atoms with Crippen molar-refractivity contribution in [2.75, 3.05) is 5.73 Å². The molecule has 3 rings (SSSR count). The molecule has 0 atom stereocenters. The zero-order chi connectivity index (χ0) is 13.4. The summed E-state index contributed by atoms with van der Waals surface area (Å²) in [5, 5.41) is 1.14. The van der Waals surface area contributed by atoms with Gasteiger partial charge >= 0.3 is 0 Å². The molecule has 2 aromatic heterocycles. The number of nitrogen functional groups attached to an aromatic ring is 1. The molecule has 0 unspecified atom stereocenters. The van der Waals surface area contributed by atoms with Crippen LogP contribution in [-0.2, 0) is 0 Å². The van der Waals surface area contributed by atoms with Crippen molar-refractivity contribution in [1.82, 2.24) is 9.97 Å². The van der Waals surface area contributed by atoms with Crippen LogP contribution in [-0.4, -0.2) is 9.97 Å². The Labute approximate surface area is 112 Å². The second-order valence-electron chi connectivity index (χ2n) is 4.79. The molecule has 3 aromatic rings. The summed E-state index contributed by atoms with van der Waals surface area (Å²) in [6.45, 7) is 3.97. The molecule has 0 aliphatic rings. The van der Waals surface area contributed by atoms with Gasteiger partial charge in [-0.25, -0.2) is 4.98 Å². The zero-order valence-corrected chi connectivity index (χ0v) is 11.0. The van der Waals surface area contributed by atoms with Crippen molar-refractivity contribution in [2.24, 2.45) is 0 Å². The number of fused-ring (bicyclic) bond motifs is 1. The van der Waals surface area contributed by atoms with Gasteiger partial charge in [-0.3, -0.25) is 4.98 Å². The largest absolute Gasteiger partial charge is 0.383 e. The van der Waals surface area contributed by atoms with Crippen molar-refractivity contribution < 1.29 is 0 Å². The van der Waals surface area contributed by atoms with Gasteiger partial charge in [0, 0.05) is 22.8 Å². The zero-order valence-electron chi connectivity index (χ0n) is 11.0. The van der Waals surface area contributed by atoms with Crippen LogP contribution < -0.4 is 5.73 Å². The molecule has 0 spiro atoms. The maximum Gasteiger partial charge on any atom is 0.126 e. The Kier molecular flexibility index (Phi) is 2.67. The van der Waals surface area contributed by atoms with Crippen LogP contribution in [0.3, 0.4) is 0 Å². The smallest absolute Gasteiger partial charge is 0.126 e. The van der Waals surface area contributed by atoms with Gasteiger partial charge in [-0.1, -0.05) is 12.1 Å². The Morgan fingerprint density at radius 1 is 0.947 bits per heavy atom. The molecular weight excluding hydrogens is 234 g/mol. The molecule has 0 aliphatic heterocycles. The summed E-state index contributed by atoms with van der Waals surface area (Å²) < 4.78 is 0. The van der Waals surface area contributed by atoms with E-state index < -0.39 is 0 Å². The Bertz CT molecular complexity index is 763. The fourth-order valence-electron chi connectivity index (χ4n) is 2.15. The van der Waals surface area contributed by atoms with Crippen molar-refractivity contribution in [3.05, 3.63) is 53.9 Å². The molecule has 94 valence electrons. The van der Waals surface area contributed by atoms with Gasteiger partial charge in [-0.2, -0.15) is 0 Å². The molecule has 0 fully saturated rings. The Morgan fingerprint density at radius 2 is 1.79 bits per heavy atom. The summed E-state index contributed by atoms with van der Waals surface area (Å²) in [5.74, 6) is 0.585. The van der Waals surface area contributed by atoms with Crippen LogP contribution in [0.4, 0.5) is 5.82 Å². The number of benzene rings is 1. The third-order valence-electron chi connectivity index (χ3n) is 3.28. The second kappa shape index (κ2) is 4.35. The molecule has 1 aromatic carbocycles. The normalized spacial score (nSPS) is 10.8.